The summed E-state index contributed by atoms with van der Waals surface area (Å²) in [6, 6.07) is 14.1. The van der Waals surface area contributed by atoms with Gasteiger partial charge in [0.05, 0.1) is 6.04 Å². The van der Waals surface area contributed by atoms with Gasteiger partial charge in [-0.05, 0) is 17.2 Å². The normalized spacial score (nSPS) is 27.1. The lowest BCUT2D eigenvalue weighted by Crippen LogP contribution is -2.47. The first-order chi connectivity index (χ1) is 12.1. The third-order valence-electron chi connectivity index (χ3n) is 5.55. The number of amides is 1. The topological polar surface area (TPSA) is 20.3 Å². The maximum atomic E-state index is 14.4. The Kier molecular flexibility index (Phi) is 3.37. The standard InChI is InChI=1S/C21H20F3NO/c1-19(2,3)18(26)25-15-12-8-7-11-14(15)16-17(25)20(16,21(22,23)24)13-9-5-4-6-10-13/h4-12,16-17H,1-3H3/t16-,17+,20+/m0/s1. The van der Waals surface area contributed by atoms with Crippen molar-refractivity contribution in [3.63, 3.8) is 0 Å². The first kappa shape index (κ1) is 17.1. The average molecular weight is 359 g/mol. The van der Waals surface area contributed by atoms with Crippen LogP contribution in [0.1, 0.15) is 37.8 Å². The molecule has 1 aliphatic heterocycles. The zero-order valence-corrected chi connectivity index (χ0v) is 14.8. The molecular weight excluding hydrogens is 339 g/mol. The van der Waals surface area contributed by atoms with Gasteiger partial charge in [0.2, 0.25) is 5.91 Å². The van der Waals surface area contributed by atoms with Gasteiger partial charge >= 0.3 is 6.18 Å². The van der Waals surface area contributed by atoms with Crippen LogP contribution in [0.5, 0.6) is 0 Å². The van der Waals surface area contributed by atoms with Crippen LogP contribution in [0.2, 0.25) is 0 Å². The van der Waals surface area contributed by atoms with Crippen molar-refractivity contribution in [1.29, 1.82) is 0 Å². The summed E-state index contributed by atoms with van der Waals surface area (Å²) in [6.45, 7) is 5.22. The van der Waals surface area contributed by atoms with E-state index in [-0.39, 0.29) is 11.5 Å². The highest BCUT2D eigenvalue weighted by Crippen LogP contribution is 2.74. The van der Waals surface area contributed by atoms with E-state index < -0.39 is 29.0 Å². The number of hydrogen-bond donors (Lipinski definition) is 0. The van der Waals surface area contributed by atoms with Gasteiger partial charge in [-0.1, -0.05) is 69.3 Å². The lowest BCUT2D eigenvalue weighted by molar-refractivity contribution is -0.164. The van der Waals surface area contributed by atoms with Crippen LogP contribution in [0.15, 0.2) is 54.6 Å². The van der Waals surface area contributed by atoms with Crippen LogP contribution >= 0.6 is 0 Å². The molecule has 2 aliphatic rings. The Balaban J connectivity index is 1.94. The first-order valence-electron chi connectivity index (χ1n) is 8.66. The molecule has 2 aromatic rings. The fourth-order valence-corrected chi connectivity index (χ4v) is 4.43. The second-order valence-corrected chi connectivity index (χ2v) is 8.14. The highest BCUT2D eigenvalue weighted by molar-refractivity contribution is 6.02. The van der Waals surface area contributed by atoms with Crippen molar-refractivity contribution in [2.45, 2.75) is 44.3 Å². The molecule has 0 unspecified atom stereocenters. The van der Waals surface area contributed by atoms with Crippen molar-refractivity contribution in [2.24, 2.45) is 5.41 Å². The number of halogens is 3. The van der Waals surface area contributed by atoms with Crippen LogP contribution in [0.25, 0.3) is 0 Å². The predicted octanol–water partition coefficient (Wildman–Crippen LogP) is 5.05. The summed E-state index contributed by atoms with van der Waals surface area (Å²) in [4.78, 5) is 14.5. The zero-order valence-electron chi connectivity index (χ0n) is 14.8. The van der Waals surface area contributed by atoms with Gasteiger partial charge in [-0.25, -0.2) is 0 Å². The van der Waals surface area contributed by atoms with E-state index in [0.29, 0.717) is 11.3 Å². The second kappa shape index (κ2) is 5.12. The summed E-state index contributed by atoms with van der Waals surface area (Å²) in [5.41, 5.74) is -1.36. The van der Waals surface area contributed by atoms with Crippen molar-refractivity contribution in [2.75, 3.05) is 4.90 Å². The van der Waals surface area contributed by atoms with E-state index >= 15 is 0 Å². The van der Waals surface area contributed by atoms with Crippen molar-refractivity contribution in [1.82, 2.24) is 0 Å². The molecule has 0 aromatic heterocycles. The quantitative estimate of drug-likeness (QED) is 0.698. The molecule has 1 aliphatic carbocycles. The Hall–Kier alpha value is -2.30. The lowest BCUT2D eigenvalue weighted by Gasteiger charge is -2.34. The van der Waals surface area contributed by atoms with Crippen molar-refractivity contribution in [3.05, 3.63) is 65.7 Å². The molecule has 0 bridgehead atoms. The molecule has 0 spiro atoms. The molecule has 1 amide bonds. The van der Waals surface area contributed by atoms with Crippen LogP contribution < -0.4 is 4.90 Å². The monoisotopic (exact) mass is 359 g/mol. The number of rotatable bonds is 1. The zero-order chi connectivity index (χ0) is 18.9. The summed E-state index contributed by atoms with van der Waals surface area (Å²) in [6.07, 6.45) is -4.45. The smallest absolute Gasteiger partial charge is 0.307 e. The van der Waals surface area contributed by atoms with Gasteiger partial charge in [-0.3, -0.25) is 4.79 Å². The SMILES string of the molecule is CC(C)(C)C(=O)N1c2ccccc2[C@H]2[C@@H]1[C@]2(c1ccccc1)C(F)(F)F. The molecule has 0 N–H and O–H groups in total. The van der Waals surface area contributed by atoms with Crippen LogP contribution in [0, 0.1) is 5.41 Å². The van der Waals surface area contributed by atoms with Gasteiger partial charge in [0.25, 0.3) is 0 Å². The van der Waals surface area contributed by atoms with Crippen molar-refractivity contribution >= 4 is 11.6 Å². The van der Waals surface area contributed by atoms with E-state index in [9.17, 15) is 18.0 Å². The summed E-state index contributed by atoms with van der Waals surface area (Å²) < 4.78 is 43.2. The molecule has 1 saturated carbocycles. The van der Waals surface area contributed by atoms with Gasteiger partial charge in [0.15, 0.2) is 0 Å². The van der Waals surface area contributed by atoms with E-state index in [4.69, 9.17) is 0 Å². The molecule has 5 heteroatoms. The molecule has 1 fully saturated rings. The van der Waals surface area contributed by atoms with E-state index in [2.05, 4.69) is 0 Å². The molecule has 3 atom stereocenters. The van der Waals surface area contributed by atoms with E-state index in [1.807, 2.05) is 0 Å². The number of carbonyl (C=O) groups excluding carboxylic acids is 1. The fourth-order valence-electron chi connectivity index (χ4n) is 4.43. The Morgan fingerprint density at radius 3 is 2.12 bits per heavy atom. The Bertz CT molecular complexity index is 869. The number of alkyl halides is 3. The maximum absolute atomic E-state index is 14.4. The minimum atomic E-state index is -4.45. The van der Waals surface area contributed by atoms with Gasteiger partial charge in [0.1, 0.15) is 5.41 Å². The van der Waals surface area contributed by atoms with E-state index in [1.165, 1.54) is 17.0 Å². The summed E-state index contributed by atoms with van der Waals surface area (Å²) in [5, 5.41) is 0. The molecule has 136 valence electrons. The lowest BCUT2D eigenvalue weighted by atomic mass is 9.86. The molecule has 4 rings (SSSR count). The molecular formula is C21H20F3NO. The van der Waals surface area contributed by atoms with Crippen LogP contribution in [-0.4, -0.2) is 18.1 Å². The van der Waals surface area contributed by atoms with E-state index in [1.54, 1.807) is 63.2 Å². The molecule has 26 heavy (non-hydrogen) atoms. The predicted molar refractivity (Wildman–Crippen MR) is 94.1 cm³/mol. The Morgan fingerprint density at radius 2 is 1.54 bits per heavy atom. The number of para-hydroxylation sites is 1. The minimum Gasteiger partial charge on any atom is -0.307 e. The van der Waals surface area contributed by atoms with Gasteiger partial charge in [-0.15, -0.1) is 0 Å². The number of hydrogen-bond acceptors (Lipinski definition) is 1. The number of fused-ring (bicyclic) bond motifs is 3. The Labute approximate surface area is 150 Å². The molecule has 0 radical (unpaired) electrons. The second-order valence-electron chi connectivity index (χ2n) is 8.14. The van der Waals surface area contributed by atoms with Gasteiger partial charge in [-0.2, -0.15) is 13.2 Å². The number of anilines is 1. The van der Waals surface area contributed by atoms with Crippen molar-refractivity contribution in [3.8, 4) is 0 Å². The summed E-state index contributed by atoms with van der Waals surface area (Å²) >= 11 is 0. The van der Waals surface area contributed by atoms with Crippen LogP contribution in [0.3, 0.4) is 0 Å². The third kappa shape index (κ3) is 2.03. The largest absolute Gasteiger partial charge is 0.401 e. The first-order valence-corrected chi connectivity index (χ1v) is 8.66. The average Bonchev–Trinajstić information content (AvgIpc) is 3.16. The fraction of sp³-hybridized carbons (Fsp3) is 0.381. The number of nitrogens with zero attached hydrogens (tertiary/aromatic N) is 1. The van der Waals surface area contributed by atoms with Crippen LogP contribution in [0.4, 0.5) is 18.9 Å². The van der Waals surface area contributed by atoms with Gasteiger partial charge in [0, 0.05) is 17.0 Å². The highest BCUT2D eigenvalue weighted by Gasteiger charge is 2.84. The minimum absolute atomic E-state index is 0.226. The maximum Gasteiger partial charge on any atom is 0.401 e. The summed E-state index contributed by atoms with van der Waals surface area (Å²) in [5.74, 6) is -1.04. The molecule has 0 saturated heterocycles. The Morgan fingerprint density at radius 1 is 0.962 bits per heavy atom. The van der Waals surface area contributed by atoms with Crippen LogP contribution in [-0.2, 0) is 10.2 Å². The molecule has 2 nitrogen and oxygen atoms in total. The number of benzene rings is 2. The van der Waals surface area contributed by atoms with E-state index in [0.717, 1.165) is 0 Å². The van der Waals surface area contributed by atoms with Gasteiger partial charge < -0.3 is 4.90 Å². The highest BCUT2D eigenvalue weighted by atomic mass is 19.4. The third-order valence-corrected chi connectivity index (χ3v) is 5.55. The molecule has 1 heterocycles. The number of carbonyl (C=O) groups is 1. The summed E-state index contributed by atoms with van der Waals surface area (Å²) in [7, 11) is 0. The molecule has 2 aromatic carbocycles. The van der Waals surface area contributed by atoms with Crippen molar-refractivity contribution < 1.29 is 18.0 Å².